The van der Waals surface area contributed by atoms with E-state index in [4.69, 9.17) is 4.84 Å². The van der Waals surface area contributed by atoms with Gasteiger partial charge in [-0.1, -0.05) is 35.0 Å². The van der Waals surface area contributed by atoms with Crippen LogP contribution >= 0.6 is 15.9 Å². The number of hydrogen-bond acceptors (Lipinski definition) is 3. The number of benzene rings is 1. The summed E-state index contributed by atoms with van der Waals surface area (Å²) >= 11 is 3.43. The zero-order valence-corrected chi connectivity index (χ0v) is 13.5. The van der Waals surface area contributed by atoms with E-state index in [9.17, 15) is 0 Å². The average Bonchev–Trinajstić information content (AvgIpc) is 2.86. The Kier molecular flexibility index (Phi) is 4.41. The van der Waals surface area contributed by atoms with Crippen molar-refractivity contribution >= 4 is 20.6 Å². The van der Waals surface area contributed by atoms with Gasteiger partial charge in [-0.05, 0) is 47.8 Å². The largest absolute Gasteiger partial charge is 0.391 e. The Bertz CT molecular complexity index is 503. The summed E-state index contributed by atoms with van der Waals surface area (Å²) < 4.78 is 0.957. The van der Waals surface area contributed by atoms with Crippen molar-refractivity contribution in [2.45, 2.75) is 38.8 Å². The third kappa shape index (κ3) is 3.41. The molecule has 1 fully saturated rings. The molecule has 0 bridgehead atoms. The first-order valence-electron chi connectivity index (χ1n) is 7.37. The van der Waals surface area contributed by atoms with Gasteiger partial charge in [-0.25, -0.2) is 0 Å². The van der Waals surface area contributed by atoms with Crippen molar-refractivity contribution in [3.8, 4) is 0 Å². The highest BCUT2D eigenvalue weighted by atomic mass is 79.9. The minimum atomic E-state index is 0.268. The maximum Gasteiger partial charge on any atom is 0.137 e. The molecule has 0 aliphatic carbocycles. The normalized spacial score (nSPS) is 27.2. The lowest BCUT2D eigenvalue weighted by molar-refractivity contribution is 0.00687. The van der Waals surface area contributed by atoms with E-state index in [0.29, 0.717) is 5.92 Å². The SMILES string of the molecule is Cc1cccc(CN2CCC[C@H]([C@@H]3CC(Br)=NO3)C2)c1. The Balaban J connectivity index is 1.58. The van der Waals surface area contributed by atoms with Gasteiger partial charge in [-0.15, -0.1) is 0 Å². The van der Waals surface area contributed by atoms with Crippen molar-refractivity contribution < 1.29 is 4.84 Å². The van der Waals surface area contributed by atoms with E-state index < -0.39 is 0 Å². The monoisotopic (exact) mass is 336 g/mol. The van der Waals surface area contributed by atoms with E-state index >= 15 is 0 Å². The van der Waals surface area contributed by atoms with E-state index in [-0.39, 0.29) is 6.10 Å². The summed E-state index contributed by atoms with van der Waals surface area (Å²) in [5, 5.41) is 4.03. The van der Waals surface area contributed by atoms with E-state index in [0.717, 1.165) is 24.1 Å². The molecule has 0 radical (unpaired) electrons. The van der Waals surface area contributed by atoms with E-state index in [2.05, 4.69) is 57.2 Å². The van der Waals surface area contributed by atoms with Crippen LogP contribution in [0.1, 0.15) is 30.4 Å². The summed E-state index contributed by atoms with van der Waals surface area (Å²) in [6, 6.07) is 8.82. The molecule has 20 heavy (non-hydrogen) atoms. The quantitative estimate of drug-likeness (QED) is 0.840. The van der Waals surface area contributed by atoms with Crippen LogP contribution in [0.5, 0.6) is 0 Å². The van der Waals surface area contributed by atoms with Crippen LogP contribution in [0, 0.1) is 12.8 Å². The zero-order chi connectivity index (χ0) is 13.9. The topological polar surface area (TPSA) is 24.8 Å². The second kappa shape index (κ2) is 6.27. The van der Waals surface area contributed by atoms with Gasteiger partial charge in [0, 0.05) is 25.4 Å². The number of aryl methyl sites for hydroxylation is 1. The third-order valence-electron chi connectivity index (χ3n) is 4.21. The molecule has 0 unspecified atom stereocenters. The summed E-state index contributed by atoms with van der Waals surface area (Å²) in [4.78, 5) is 8.09. The molecule has 1 aromatic carbocycles. The molecule has 4 heteroatoms. The van der Waals surface area contributed by atoms with E-state index in [1.54, 1.807) is 0 Å². The maximum atomic E-state index is 5.54. The van der Waals surface area contributed by atoms with Crippen LogP contribution in [0.15, 0.2) is 29.4 Å². The van der Waals surface area contributed by atoms with Crippen LogP contribution in [0.4, 0.5) is 0 Å². The highest BCUT2D eigenvalue weighted by Crippen LogP contribution is 2.29. The van der Waals surface area contributed by atoms with Crippen LogP contribution in [0.2, 0.25) is 0 Å². The molecule has 1 aromatic rings. The number of likely N-dealkylation sites (tertiary alicyclic amines) is 1. The average molecular weight is 337 g/mol. The molecule has 2 aliphatic heterocycles. The second-order valence-corrected chi connectivity index (χ2v) is 6.86. The van der Waals surface area contributed by atoms with Gasteiger partial charge in [-0.3, -0.25) is 4.90 Å². The fourth-order valence-electron chi connectivity index (χ4n) is 3.23. The van der Waals surface area contributed by atoms with Crippen LogP contribution in [0.25, 0.3) is 0 Å². The van der Waals surface area contributed by atoms with Crippen molar-refractivity contribution in [2.24, 2.45) is 11.1 Å². The number of nitrogens with zero attached hydrogens (tertiary/aromatic N) is 2. The highest BCUT2D eigenvalue weighted by Gasteiger charge is 2.32. The summed E-state index contributed by atoms with van der Waals surface area (Å²) in [7, 11) is 0. The molecule has 0 aromatic heterocycles. The Labute approximate surface area is 129 Å². The first-order chi connectivity index (χ1) is 9.70. The van der Waals surface area contributed by atoms with Crippen LogP contribution in [-0.2, 0) is 11.4 Å². The summed E-state index contributed by atoms with van der Waals surface area (Å²) in [6.45, 7) is 5.52. The molecular formula is C16H21BrN2O. The van der Waals surface area contributed by atoms with Crippen molar-refractivity contribution in [3.05, 3.63) is 35.4 Å². The van der Waals surface area contributed by atoms with Gasteiger partial charge in [0.25, 0.3) is 0 Å². The third-order valence-corrected chi connectivity index (χ3v) is 4.68. The standard InChI is InChI=1S/C16H21BrN2O/c1-12-4-2-5-13(8-12)10-19-7-3-6-14(11-19)15-9-16(17)18-20-15/h2,4-5,8,14-15H,3,6-7,9-11H2,1H3/t14-,15-/m0/s1. The van der Waals surface area contributed by atoms with Crippen LogP contribution in [-0.4, -0.2) is 28.7 Å². The van der Waals surface area contributed by atoms with Gasteiger partial charge in [0.1, 0.15) is 10.7 Å². The fraction of sp³-hybridized carbons (Fsp3) is 0.562. The van der Waals surface area contributed by atoms with Crippen LogP contribution in [0.3, 0.4) is 0 Å². The number of oxime groups is 1. The number of rotatable bonds is 3. The Morgan fingerprint density at radius 3 is 3.10 bits per heavy atom. The Morgan fingerprint density at radius 2 is 2.35 bits per heavy atom. The van der Waals surface area contributed by atoms with E-state index in [1.807, 2.05) is 0 Å². The molecular weight excluding hydrogens is 316 g/mol. The molecule has 2 atom stereocenters. The number of piperidine rings is 1. The molecule has 0 spiro atoms. The van der Waals surface area contributed by atoms with Crippen LogP contribution < -0.4 is 0 Å². The summed E-state index contributed by atoms with van der Waals surface area (Å²) in [5.41, 5.74) is 2.75. The van der Waals surface area contributed by atoms with Gasteiger partial charge in [0.2, 0.25) is 0 Å². The van der Waals surface area contributed by atoms with E-state index in [1.165, 1.54) is 30.5 Å². The zero-order valence-electron chi connectivity index (χ0n) is 11.9. The first-order valence-corrected chi connectivity index (χ1v) is 8.16. The molecule has 3 nitrogen and oxygen atoms in total. The minimum absolute atomic E-state index is 0.268. The molecule has 2 aliphatic rings. The molecule has 0 amide bonds. The Hall–Kier alpha value is -0.870. The fourth-order valence-corrected chi connectivity index (χ4v) is 3.63. The number of hydrogen-bond donors (Lipinski definition) is 0. The molecule has 0 saturated carbocycles. The van der Waals surface area contributed by atoms with Gasteiger partial charge in [0.05, 0.1) is 0 Å². The molecule has 1 saturated heterocycles. The van der Waals surface area contributed by atoms with Gasteiger partial charge >= 0.3 is 0 Å². The summed E-state index contributed by atoms with van der Waals surface area (Å²) in [6.07, 6.45) is 3.71. The second-order valence-electron chi connectivity index (χ2n) is 5.94. The highest BCUT2D eigenvalue weighted by molar-refractivity contribution is 9.18. The molecule has 0 N–H and O–H groups in total. The van der Waals surface area contributed by atoms with Crippen molar-refractivity contribution in [1.82, 2.24) is 4.90 Å². The van der Waals surface area contributed by atoms with Crippen molar-refractivity contribution in [1.29, 1.82) is 0 Å². The predicted octanol–water partition coefficient (Wildman–Crippen LogP) is 3.70. The minimum Gasteiger partial charge on any atom is -0.391 e. The van der Waals surface area contributed by atoms with Gasteiger partial charge in [-0.2, -0.15) is 0 Å². The lowest BCUT2D eigenvalue weighted by Gasteiger charge is -2.34. The number of halogens is 1. The lowest BCUT2D eigenvalue weighted by atomic mass is 9.91. The predicted molar refractivity (Wildman–Crippen MR) is 85.0 cm³/mol. The molecule has 2 heterocycles. The summed E-state index contributed by atoms with van der Waals surface area (Å²) in [5.74, 6) is 0.604. The van der Waals surface area contributed by atoms with Gasteiger partial charge in [0.15, 0.2) is 0 Å². The van der Waals surface area contributed by atoms with Gasteiger partial charge < -0.3 is 4.84 Å². The van der Waals surface area contributed by atoms with Crippen molar-refractivity contribution in [2.75, 3.05) is 13.1 Å². The van der Waals surface area contributed by atoms with Crippen molar-refractivity contribution in [3.63, 3.8) is 0 Å². The Morgan fingerprint density at radius 1 is 1.45 bits per heavy atom. The maximum absolute atomic E-state index is 5.54. The molecule has 108 valence electrons. The molecule has 3 rings (SSSR count). The first kappa shape index (κ1) is 14.1. The smallest absolute Gasteiger partial charge is 0.137 e. The lowest BCUT2D eigenvalue weighted by Crippen LogP contribution is -2.39.